The molecule has 0 radical (unpaired) electrons. The second-order valence-electron chi connectivity index (χ2n) is 2.55. The fourth-order valence-corrected chi connectivity index (χ4v) is 2.20. The van der Waals surface area contributed by atoms with Crippen molar-refractivity contribution in [3.05, 3.63) is 0 Å². The van der Waals surface area contributed by atoms with Crippen LogP contribution in [0.15, 0.2) is 0 Å². The van der Waals surface area contributed by atoms with E-state index in [0.717, 1.165) is 19.6 Å². The Balaban J connectivity index is 2.34. The van der Waals surface area contributed by atoms with Gasteiger partial charge in [-0.3, -0.25) is 0 Å². The number of rotatable bonds is 2. The summed E-state index contributed by atoms with van der Waals surface area (Å²) in [7, 11) is 1.76. The Labute approximate surface area is 75.4 Å². The van der Waals surface area contributed by atoms with Crippen LogP contribution in [0.2, 0.25) is 0 Å². The Morgan fingerprint density at radius 1 is 1.70 bits per heavy atom. The third-order valence-electron chi connectivity index (χ3n) is 1.94. The highest BCUT2D eigenvalue weighted by atomic mass is 127. The Kier molecular flexibility index (Phi) is 3.95. The summed E-state index contributed by atoms with van der Waals surface area (Å²) >= 11 is 2.41. The van der Waals surface area contributed by atoms with Crippen LogP contribution in [0.5, 0.6) is 0 Å². The van der Waals surface area contributed by atoms with Crippen molar-refractivity contribution in [2.24, 2.45) is 5.92 Å². The topological polar surface area (TPSA) is 18.5 Å². The summed E-state index contributed by atoms with van der Waals surface area (Å²) in [6, 6.07) is 0. The maximum Gasteiger partial charge on any atom is 0.0840 e. The van der Waals surface area contributed by atoms with E-state index in [2.05, 4.69) is 22.6 Å². The lowest BCUT2D eigenvalue weighted by Gasteiger charge is -2.28. The molecule has 1 aliphatic rings. The van der Waals surface area contributed by atoms with Gasteiger partial charge in [-0.05, 0) is 12.3 Å². The molecule has 1 saturated heterocycles. The summed E-state index contributed by atoms with van der Waals surface area (Å²) in [5, 5.41) is 0. The summed E-state index contributed by atoms with van der Waals surface area (Å²) in [4.78, 5) is 0. The van der Waals surface area contributed by atoms with E-state index in [9.17, 15) is 0 Å². The summed E-state index contributed by atoms with van der Waals surface area (Å²) in [6.07, 6.45) is 1.49. The van der Waals surface area contributed by atoms with E-state index in [1.54, 1.807) is 7.11 Å². The van der Waals surface area contributed by atoms with Gasteiger partial charge in [-0.25, -0.2) is 0 Å². The number of hydrogen-bond donors (Lipinski definition) is 0. The highest BCUT2D eigenvalue weighted by Gasteiger charge is 2.23. The molecule has 2 unspecified atom stereocenters. The first kappa shape index (κ1) is 8.74. The molecular weight excluding hydrogens is 243 g/mol. The Bertz CT molecular complexity index is 85.6. The molecule has 0 aliphatic carbocycles. The standard InChI is InChI=1S/C7H13IO2/c1-9-7-5-10-3-2-6(7)4-8/h6-7H,2-5H2,1H3. The van der Waals surface area contributed by atoms with E-state index in [-0.39, 0.29) is 0 Å². The smallest absolute Gasteiger partial charge is 0.0840 e. The van der Waals surface area contributed by atoms with Crippen LogP contribution < -0.4 is 0 Å². The van der Waals surface area contributed by atoms with Gasteiger partial charge < -0.3 is 9.47 Å². The van der Waals surface area contributed by atoms with Crippen molar-refractivity contribution in [3.8, 4) is 0 Å². The van der Waals surface area contributed by atoms with Crippen molar-refractivity contribution in [3.63, 3.8) is 0 Å². The molecule has 10 heavy (non-hydrogen) atoms. The summed E-state index contributed by atoms with van der Waals surface area (Å²) in [5.74, 6) is 0.708. The van der Waals surface area contributed by atoms with Gasteiger partial charge in [0.2, 0.25) is 0 Å². The molecule has 1 rings (SSSR count). The van der Waals surface area contributed by atoms with Crippen molar-refractivity contribution in [2.45, 2.75) is 12.5 Å². The predicted octanol–water partition coefficient (Wildman–Crippen LogP) is 1.47. The molecular formula is C7H13IO2. The zero-order chi connectivity index (χ0) is 7.40. The molecule has 2 atom stereocenters. The van der Waals surface area contributed by atoms with Gasteiger partial charge in [0.05, 0.1) is 12.7 Å². The summed E-state index contributed by atoms with van der Waals surface area (Å²) in [6.45, 7) is 1.69. The number of halogens is 1. The summed E-state index contributed by atoms with van der Waals surface area (Å²) < 4.78 is 11.7. The molecule has 0 N–H and O–H groups in total. The van der Waals surface area contributed by atoms with Crippen molar-refractivity contribution < 1.29 is 9.47 Å². The van der Waals surface area contributed by atoms with Gasteiger partial charge >= 0.3 is 0 Å². The van der Waals surface area contributed by atoms with E-state index in [0.29, 0.717) is 12.0 Å². The van der Waals surface area contributed by atoms with Crippen molar-refractivity contribution >= 4 is 22.6 Å². The highest BCUT2D eigenvalue weighted by molar-refractivity contribution is 14.1. The normalized spacial score (nSPS) is 34.2. The van der Waals surface area contributed by atoms with Crippen molar-refractivity contribution in [2.75, 3.05) is 24.8 Å². The van der Waals surface area contributed by atoms with E-state index in [4.69, 9.17) is 9.47 Å². The minimum atomic E-state index is 0.339. The van der Waals surface area contributed by atoms with Gasteiger partial charge in [-0.15, -0.1) is 0 Å². The lowest BCUT2D eigenvalue weighted by Crippen LogP contribution is -2.34. The van der Waals surface area contributed by atoms with Crippen LogP contribution in [0.3, 0.4) is 0 Å². The van der Waals surface area contributed by atoms with E-state index >= 15 is 0 Å². The lowest BCUT2D eigenvalue weighted by atomic mass is 10.00. The number of ether oxygens (including phenoxy) is 2. The fourth-order valence-electron chi connectivity index (χ4n) is 1.19. The average Bonchev–Trinajstić information content (AvgIpc) is 2.04. The molecule has 0 aromatic rings. The fraction of sp³-hybridized carbons (Fsp3) is 1.00. The molecule has 1 heterocycles. The highest BCUT2D eigenvalue weighted by Crippen LogP contribution is 2.19. The first-order valence-corrected chi connectivity index (χ1v) is 5.07. The molecule has 1 aliphatic heterocycles. The number of alkyl halides is 1. The Morgan fingerprint density at radius 3 is 3.00 bits per heavy atom. The Hall–Kier alpha value is 0.650. The number of hydrogen-bond acceptors (Lipinski definition) is 2. The maximum absolute atomic E-state index is 5.28. The summed E-state index contributed by atoms with van der Waals surface area (Å²) in [5.41, 5.74) is 0. The molecule has 0 bridgehead atoms. The molecule has 3 heteroatoms. The van der Waals surface area contributed by atoms with Crippen LogP contribution in [-0.4, -0.2) is 30.9 Å². The minimum absolute atomic E-state index is 0.339. The van der Waals surface area contributed by atoms with Crippen LogP contribution in [0.1, 0.15) is 6.42 Å². The Morgan fingerprint density at radius 2 is 2.50 bits per heavy atom. The van der Waals surface area contributed by atoms with Gasteiger partial charge in [0.1, 0.15) is 0 Å². The lowest BCUT2D eigenvalue weighted by molar-refractivity contribution is -0.0579. The quantitative estimate of drug-likeness (QED) is 0.550. The molecule has 0 spiro atoms. The largest absolute Gasteiger partial charge is 0.379 e. The van der Waals surface area contributed by atoms with Crippen LogP contribution in [0.25, 0.3) is 0 Å². The molecule has 0 aromatic carbocycles. The van der Waals surface area contributed by atoms with Crippen molar-refractivity contribution in [1.29, 1.82) is 0 Å². The van der Waals surface area contributed by atoms with E-state index in [1.807, 2.05) is 0 Å². The molecule has 2 nitrogen and oxygen atoms in total. The van der Waals surface area contributed by atoms with Gasteiger partial charge in [-0.2, -0.15) is 0 Å². The SMILES string of the molecule is COC1COCCC1CI. The number of methoxy groups -OCH3 is 1. The first-order chi connectivity index (χ1) is 4.88. The van der Waals surface area contributed by atoms with Gasteiger partial charge in [0.25, 0.3) is 0 Å². The van der Waals surface area contributed by atoms with E-state index < -0.39 is 0 Å². The van der Waals surface area contributed by atoms with E-state index in [1.165, 1.54) is 4.43 Å². The van der Waals surface area contributed by atoms with Crippen LogP contribution >= 0.6 is 22.6 Å². The van der Waals surface area contributed by atoms with Gasteiger partial charge in [0.15, 0.2) is 0 Å². The first-order valence-electron chi connectivity index (χ1n) is 3.55. The molecule has 1 fully saturated rings. The zero-order valence-electron chi connectivity index (χ0n) is 6.18. The van der Waals surface area contributed by atoms with Crippen molar-refractivity contribution in [1.82, 2.24) is 0 Å². The zero-order valence-corrected chi connectivity index (χ0v) is 8.34. The minimum Gasteiger partial charge on any atom is -0.379 e. The van der Waals surface area contributed by atoms with Crippen LogP contribution in [0, 0.1) is 5.92 Å². The van der Waals surface area contributed by atoms with Crippen LogP contribution in [-0.2, 0) is 9.47 Å². The van der Waals surface area contributed by atoms with Crippen LogP contribution in [0.4, 0.5) is 0 Å². The molecule has 0 amide bonds. The molecule has 0 saturated carbocycles. The third-order valence-corrected chi connectivity index (χ3v) is 3.07. The molecule has 60 valence electrons. The van der Waals surface area contributed by atoms with Gasteiger partial charge in [-0.1, -0.05) is 22.6 Å². The predicted molar refractivity (Wildman–Crippen MR) is 48.6 cm³/mol. The second-order valence-corrected chi connectivity index (χ2v) is 3.43. The average molecular weight is 256 g/mol. The monoisotopic (exact) mass is 256 g/mol. The van der Waals surface area contributed by atoms with Gasteiger partial charge in [0, 0.05) is 18.1 Å². The third kappa shape index (κ3) is 2.07. The molecule has 0 aromatic heterocycles. The maximum atomic E-state index is 5.28. The second kappa shape index (κ2) is 4.51.